The molecule has 2 fully saturated rings. The standard InChI is InChI=1S/C22H33N3O3/c1-16(28-19-9-7-17(8-10-19)22(2,3)4)21(27)24-12-5-6-18(15-24)25-13-11-23-14-20(25)26/h7-10,16,18,23H,5-6,11-15H2,1-4H3. The second-order valence-electron chi connectivity index (χ2n) is 8.88. The number of carbonyl (C=O) groups is 2. The van der Waals surface area contributed by atoms with Crippen molar-refractivity contribution >= 4 is 11.8 Å². The Morgan fingerprint density at radius 1 is 1.21 bits per heavy atom. The number of likely N-dealkylation sites (tertiary alicyclic amines) is 1. The van der Waals surface area contributed by atoms with Gasteiger partial charge in [0.1, 0.15) is 5.75 Å². The van der Waals surface area contributed by atoms with E-state index < -0.39 is 6.10 Å². The van der Waals surface area contributed by atoms with Crippen molar-refractivity contribution in [2.24, 2.45) is 0 Å². The van der Waals surface area contributed by atoms with Crippen LogP contribution in [0.5, 0.6) is 5.75 Å². The van der Waals surface area contributed by atoms with Crippen LogP contribution < -0.4 is 10.1 Å². The van der Waals surface area contributed by atoms with Gasteiger partial charge in [0, 0.05) is 32.2 Å². The quantitative estimate of drug-likeness (QED) is 0.860. The van der Waals surface area contributed by atoms with Crippen molar-refractivity contribution in [3.63, 3.8) is 0 Å². The maximum atomic E-state index is 12.9. The molecule has 2 saturated heterocycles. The molecule has 6 nitrogen and oxygen atoms in total. The van der Waals surface area contributed by atoms with Crippen molar-refractivity contribution in [1.82, 2.24) is 15.1 Å². The lowest BCUT2D eigenvalue weighted by atomic mass is 9.87. The number of piperidine rings is 1. The Labute approximate surface area is 168 Å². The molecule has 2 aliphatic heterocycles. The van der Waals surface area contributed by atoms with E-state index >= 15 is 0 Å². The molecule has 2 aliphatic rings. The Balaban J connectivity index is 1.58. The average molecular weight is 388 g/mol. The molecule has 1 aromatic rings. The number of nitrogens with zero attached hydrogens (tertiary/aromatic N) is 2. The molecule has 3 rings (SSSR count). The SMILES string of the molecule is CC(Oc1ccc(C(C)(C)C)cc1)C(=O)N1CCCC(N2CCNCC2=O)C1. The second kappa shape index (κ2) is 8.52. The summed E-state index contributed by atoms with van der Waals surface area (Å²) in [4.78, 5) is 28.9. The van der Waals surface area contributed by atoms with E-state index in [1.165, 1.54) is 5.56 Å². The fourth-order valence-electron chi connectivity index (χ4n) is 3.96. The summed E-state index contributed by atoms with van der Waals surface area (Å²) in [6.45, 7) is 11.6. The van der Waals surface area contributed by atoms with Crippen LogP contribution in [0.4, 0.5) is 0 Å². The smallest absolute Gasteiger partial charge is 0.263 e. The maximum absolute atomic E-state index is 12.9. The zero-order valence-corrected chi connectivity index (χ0v) is 17.5. The number of ether oxygens (including phenoxy) is 1. The van der Waals surface area contributed by atoms with Gasteiger partial charge in [0.05, 0.1) is 6.54 Å². The van der Waals surface area contributed by atoms with Crippen molar-refractivity contribution in [2.75, 3.05) is 32.7 Å². The first-order chi connectivity index (χ1) is 13.3. The molecule has 154 valence electrons. The third kappa shape index (κ3) is 4.85. The highest BCUT2D eigenvalue weighted by Crippen LogP contribution is 2.25. The number of hydrogen-bond acceptors (Lipinski definition) is 4. The molecular weight excluding hydrogens is 354 g/mol. The third-order valence-corrected chi connectivity index (χ3v) is 5.66. The lowest BCUT2D eigenvalue weighted by molar-refractivity contribution is -0.144. The van der Waals surface area contributed by atoms with Crippen LogP contribution in [0.1, 0.15) is 46.1 Å². The molecule has 6 heteroatoms. The molecule has 0 radical (unpaired) electrons. The van der Waals surface area contributed by atoms with Crippen molar-refractivity contribution < 1.29 is 14.3 Å². The summed E-state index contributed by atoms with van der Waals surface area (Å²) in [6, 6.07) is 8.09. The minimum atomic E-state index is -0.544. The molecule has 2 unspecified atom stereocenters. The molecular formula is C22H33N3O3. The van der Waals surface area contributed by atoms with Crippen LogP contribution in [-0.4, -0.2) is 66.5 Å². The van der Waals surface area contributed by atoms with E-state index in [0.717, 1.165) is 32.5 Å². The van der Waals surface area contributed by atoms with Crippen molar-refractivity contribution in [3.05, 3.63) is 29.8 Å². The predicted molar refractivity (Wildman–Crippen MR) is 109 cm³/mol. The summed E-state index contributed by atoms with van der Waals surface area (Å²) in [6.07, 6.45) is 1.33. The van der Waals surface area contributed by atoms with Gasteiger partial charge in [-0.05, 0) is 42.9 Å². The summed E-state index contributed by atoms with van der Waals surface area (Å²) < 4.78 is 5.92. The minimum absolute atomic E-state index is 0.00724. The van der Waals surface area contributed by atoms with E-state index in [9.17, 15) is 9.59 Å². The van der Waals surface area contributed by atoms with Crippen LogP contribution in [-0.2, 0) is 15.0 Å². The Hall–Kier alpha value is -2.08. The van der Waals surface area contributed by atoms with E-state index in [2.05, 4.69) is 38.2 Å². The Bertz CT molecular complexity index is 696. The van der Waals surface area contributed by atoms with Gasteiger partial charge in [-0.2, -0.15) is 0 Å². The molecule has 1 N–H and O–H groups in total. The van der Waals surface area contributed by atoms with Crippen LogP contribution in [0.3, 0.4) is 0 Å². The second-order valence-corrected chi connectivity index (χ2v) is 8.88. The Kier molecular flexibility index (Phi) is 6.28. The highest BCUT2D eigenvalue weighted by molar-refractivity contribution is 5.82. The van der Waals surface area contributed by atoms with Gasteiger partial charge in [-0.3, -0.25) is 9.59 Å². The van der Waals surface area contributed by atoms with Gasteiger partial charge in [0.15, 0.2) is 6.10 Å². The van der Waals surface area contributed by atoms with E-state index in [4.69, 9.17) is 4.74 Å². The van der Waals surface area contributed by atoms with Gasteiger partial charge >= 0.3 is 0 Å². The Morgan fingerprint density at radius 2 is 1.93 bits per heavy atom. The lowest BCUT2D eigenvalue weighted by Crippen LogP contribution is -2.58. The normalized spacial score (nSPS) is 22.1. The zero-order valence-electron chi connectivity index (χ0n) is 17.5. The average Bonchev–Trinajstić information content (AvgIpc) is 2.67. The van der Waals surface area contributed by atoms with Gasteiger partial charge in [0.2, 0.25) is 5.91 Å². The summed E-state index contributed by atoms with van der Waals surface area (Å²) in [5, 5.41) is 3.10. The van der Waals surface area contributed by atoms with Gasteiger partial charge in [-0.15, -0.1) is 0 Å². The van der Waals surface area contributed by atoms with E-state index in [0.29, 0.717) is 18.8 Å². The molecule has 2 amide bonds. The van der Waals surface area contributed by atoms with Crippen LogP contribution in [0, 0.1) is 0 Å². The van der Waals surface area contributed by atoms with E-state index in [1.807, 2.05) is 21.9 Å². The van der Waals surface area contributed by atoms with E-state index in [1.54, 1.807) is 6.92 Å². The summed E-state index contributed by atoms with van der Waals surface area (Å²) in [7, 11) is 0. The topological polar surface area (TPSA) is 61.9 Å². The fraction of sp³-hybridized carbons (Fsp3) is 0.636. The molecule has 0 spiro atoms. The first kappa shape index (κ1) is 20.6. The predicted octanol–water partition coefficient (Wildman–Crippen LogP) is 2.17. The van der Waals surface area contributed by atoms with Gasteiger partial charge in [-0.1, -0.05) is 32.9 Å². The highest BCUT2D eigenvalue weighted by Gasteiger charge is 2.33. The molecule has 0 bridgehead atoms. The molecule has 2 heterocycles. The lowest BCUT2D eigenvalue weighted by Gasteiger charge is -2.41. The summed E-state index contributed by atoms with van der Waals surface area (Å²) in [5.74, 6) is 0.834. The zero-order chi connectivity index (χ0) is 20.3. The highest BCUT2D eigenvalue weighted by atomic mass is 16.5. The minimum Gasteiger partial charge on any atom is -0.481 e. The molecule has 0 aliphatic carbocycles. The third-order valence-electron chi connectivity index (χ3n) is 5.66. The number of nitrogens with one attached hydrogen (secondary N) is 1. The number of hydrogen-bond donors (Lipinski definition) is 1. The molecule has 28 heavy (non-hydrogen) atoms. The number of piperazine rings is 1. The summed E-state index contributed by atoms with van der Waals surface area (Å²) >= 11 is 0. The number of benzene rings is 1. The van der Waals surface area contributed by atoms with Gasteiger partial charge in [0.25, 0.3) is 5.91 Å². The largest absolute Gasteiger partial charge is 0.481 e. The fourth-order valence-corrected chi connectivity index (χ4v) is 3.96. The van der Waals surface area contributed by atoms with Crippen molar-refractivity contribution in [1.29, 1.82) is 0 Å². The maximum Gasteiger partial charge on any atom is 0.263 e. The van der Waals surface area contributed by atoms with Crippen LogP contribution in [0.2, 0.25) is 0 Å². The van der Waals surface area contributed by atoms with Gasteiger partial charge in [-0.25, -0.2) is 0 Å². The van der Waals surface area contributed by atoms with Crippen LogP contribution in [0.15, 0.2) is 24.3 Å². The van der Waals surface area contributed by atoms with E-state index in [-0.39, 0.29) is 23.3 Å². The van der Waals surface area contributed by atoms with Crippen LogP contribution in [0.25, 0.3) is 0 Å². The number of amides is 2. The van der Waals surface area contributed by atoms with Crippen molar-refractivity contribution in [2.45, 2.75) is 58.1 Å². The van der Waals surface area contributed by atoms with Crippen molar-refractivity contribution in [3.8, 4) is 5.75 Å². The monoisotopic (exact) mass is 387 g/mol. The first-order valence-corrected chi connectivity index (χ1v) is 10.3. The van der Waals surface area contributed by atoms with Crippen LogP contribution >= 0.6 is 0 Å². The van der Waals surface area contributed by atoms with Gasteiger partial charge < -0.3 is 19.9 Å². The number of rotatable bonds is 4. The molecule has 0 saturated carbocycles. The molecule has 0 aromatic heterocycles. The first-order valence-electron chi connectivity index (χ1n) is 10.3. The summed E-state index contributed by atoms with van der Waals surface area (Å²) in [5.41, 5.74) is 1.32. The molecule has 1 aromatic carbocycles. The Morgan fingerprint density at radius 3 is 2.57 bits per heavy atom. The number of carbonyl (C=O) groups excluding carboxylic acids is 2. The molecule has 2 atom stereocenters.